The lowest BCUT2D eigenvalue weighted by atomic mass is 9.80. The Morgan fingerprint density at radius 1 is 1.00 bits per heavy atom. The fraction of sp³-hybridized carbons (Fsp3) is 0.296. The molecule has 0 heterocycles. The first-order chi connectivity index (χ1) is 15.0. The Morgan fingerprint density at radius 3 is 2.48 bits per heavy atom. The first-order valence-electron chi connectivity index (χ1n) is 10.9. The van der Waals surface area contributed by atoms with Crippen molar-refractivity contribution in [2.75, 3.05) is 6.54 Å². The second kappa shape index (κ2) is 9.67. The molecule has 0 fully saturated rings. The average molecular weight is 434 g/mol. The van der Waals surface area contributed by atoms with Crippen LogP contribution in [-0.4, -0.2) is 17.6 Å². The summed E-state index contributed by atoms with van der Waals surface area (Å²) in [7, 11) is 0. The molecule has 0 radical (unpaired) electrons. The molecule has 3 aromatic carbocycles. The van der Waals surface area contributed by atoms with Gasteiger partial charge in [-0.25, -0.2) is 0 Å². The van der Waals surface area contributed by atoms with Crippen molar-refractivity contribution in [3.8, 4) is 11.1 Å². The maximum Gasteiger partial charge on any atom is 0.303 e. The maximum absolute atomic E-state index is 11.4. The molecule has 4 rings (SSSR count). The average Bonchev–Trinajstić information content (AvgIpc) is 3.15. The van der Waals surface area contributed by atoms with Gasteiger partial charge in [0.25, 0.3) is 0 Å². The van der Waals surface area contributed by atoms with E-state index in [0.29, 0.717) is 6.54 Å². The molecular weight excluding hydrogens is 406 g/mol. The standard InChI is InChI=1S/C27H28ClNO2/c28-22-12-9-18(10-13-22)8-11-21(14-19(17-29)15-27(30)31)24-6-3-7-25-23-5-2-1-4-20(23)16-26(24)25/h1-7,9-10,12-13,19,21H,8,11,14-17,29H2,(H,30,31)/t19-,21+/m0/s1. The Balaban J connectivity index is 1.64. The van der Waals surface area contributed by atoms with Gasteiger partial charge in [-0.3, -0.25) is 4.79 Å². The number of fused-ring (bicyclic) bond motifs is 3. The SMILES string of the molecule is NC[C@H](CC(=O)O)C[C@@H](CCc1ccc(Cl)cc1)c1cccc2c1Cc1ccccc1-2. The molecule has 4 heteroatoms. The first kappa shape index (κ1) is 21.6. The van der Waals surface area contributed by atoms with Crippen LogP contribution in [0, 0.1) is 5.92 Å². The molecular formula is C27H28ClNO2. The van der Waals surface area contributed by atoms with Crippen LogP contribution in [0.2, 0.25) is 5.02 Å². The Morgan fingerprint density at radius 2 is 1.74 bits per heavy atom. The van der Waals surface area contributed by atoms with E-state index in [2.05, 4.69) is 54.6 Å². The Hall–Kier alpha value is -2.62. The summed E-state index contributed by atoms with van der Waals surface area (Å²) in [6.07, 6.45) is 3.70. The molecule has 0 aromatic heterocycles. The summed E-state index contributed by atoms with van der Waals surface area (Å²) >= 11 is 6.04. The van der Waals surface area contributed by atoms with E-state index in [-0.39, 0.29) is 18.3 Å². The highest BCUT2D eigenvalue weighted by Gasteiger charge is 2.26. The highest BCUT2D eigenvalue weighted by molar-refractivity contribution is 6.30. The molecule has 3 aromatic rings. The lowest BCUT2D eigenvalue weighted by molar-refractivity contribution is -0.138. The molecule has 160 valence electrons. The number of hydrogen-bond donors (Lipinski definition) is 2. The van der Waals surface area contributed by atoms with Crippen molar-refractivity contribution < 1.29 is 9.90 Å². The van der Waals surface area contributed by atoms with Gasteiger partial charge in [-0.15, -0.1) is 0 Å². The number of benzene rings is 3. The molecule has 0 unspecified atom stereocenters. The summed E-state index contributed by atoms with van der Waals surface area (Å²) in [6, 6.07) is 23.2. The van der Waals surface area contributed by atoms with E-state index in [9.17, 15) is 9.90 Å². The quantitative estimate of drug-likeness (QED) is 0.337. The summed E-state index contributed by atoms with van der Waals surface area (Å²) in [6.45, 7) is 0.388. The van der Waals surface area contributed by atoms with Crippen LogP contribution < -0.4 is 5.73 Å². The predicted molar refractivity (Wildman–Crippen MR) is 127 cm³/mol. The monoisotopic (exact) mass is 433 g/mol. The second-order valence-corrected chi connectivity index (χ2v) is 8.94. The molecule has 0 amide bonds. The smallest absolute Gasteiger partial charge is 0.303 e. The van der Waals surface area contributed by atoms with Crippen LogP contribution in [0.5, 0.6) is 0 Å². The number of aliphatic carboxylic acids is 1. The number of nitrogens with two attached hydrogens (primary N) is 1. The van der Waals surface area contributed by atoms with Gasteiger partial charge in [0.2, 0.25) is 0 Å². The summed E-state index contributed by atoms with van der Waals surface area (Å²) in [5.74, 6) is -0.558. The maximum atomic E-state index is 11.4. The summed E-state index contributed by atoms with van der Waals surface area (Å²) in [5, 5.41) is 10.1. The molecule has 1 aliphatic rings. The van der Waals surface area contributed by atoms with Gasteiger partial charge in [0.1, 0.15) is 0 Å². The minimum absolute atomic E-state index is 0.0349. The number of carbonyl (C=O) groups is 1. The van der Waals surface area contributed by atoms with Gasteiger partial charge in [0.15, 0.2) is 0 Å². The molecule has 0 aliphatic heterocycles. The van der Waals surface area contributed by atoms with Crippen LogP contribution in [0.25, 0.3) is 11.1 Å². The number of halogens is 1. The molecule has 0 spiro atoms. The van der Waals surface area contributed by atoms with Gasteiger partial charge in [-0.2, -0.15) is 0 Å². The number of carboxylic acid groups (broad SMARTS) is 1. The highest BCUT2D eigenvalue weighted by atomic mass is 35.5. The fourth-order valence-electron chi connectivity index (χ4n) is 4.87. The molecule has 0 bridgehead atoms. The largest absolute Gasteiger partial charge is 0.481 e. The van der Waals surface area contributed by atoms with E-state index < -0.39 is 5.97 Å². The van der Waals surface area contributed by atoms with Crippen LogP contribution in [-0.2, 0) is 17.6 Å². The van der Waals surface area contributed by atoms with Gasteiger partial charge in [0.05, 0.1) is 0 Å². The zero-order valence-corrected chi connectivity index (χ0v) is 18.3. The van der Waals surface area contributed by atoms with E-state index in [4.69, 9.17) is 17.3 Å². The van der Waals surface area contributed by atoms with E-state index in [1.807, 2.05) is 12.1 Å². The predicted octanol–water partition coefficient (Wildman–Crippen LogP) is 6.07. The van der Waals surface area contributed by atoms with Crippen LogP contribution in [0.15, 0.2) is 66.7 Å². The number of hydrogen-bond acceptors (Lipinski definition) is 2. The van der Waals surface area contributed by atoms with E-state index in [1.54, 1.807) is 0 Å². The van der Waals surface area contributed by atoms with Gasteiger partial charge in [0, 0.05) is 11.4 Å². The number of aryl methyl sites for hydroxylation is 1. The second-order valence-electron chi connectivity index (χ2n) is 8.50. The number of carboxylic acids is 1. The third kappa shape index (κ3) is 5.00. The Kier molecular flexibility index (Phi) is 6.74. The third-order valence-electron chi connectivity index (χ3n) is 6.44. The van der Waals surface area contributed by atoms with Crippen molar-refractivity contribution in [2.45, 2.75) is 38.0 Å². The van der Waals surface area contributed by atoms with Gasteiger partial charge in [-0.1, -0.05) is 66.2 Å². The van der Waals surface area contributed by atoms with Crippen molar-refractivity contribution in [3.05, 3.63) is 94.0 Å². The minimum Gasteiger partial charge on any atom is -0.481 e. The normalized spacial score (nSPS) is 14.0. The van der Waals surface area contributed by atoms with E-state index >= 15 is 0 Å². The first-order valence-corrected chi connectivity index (χ1v) is 11.3. The molecule has 2 atom stereocenters. The third-order valence-corrected chi connectivity index (χ3v) is 6.69. The Bertz CT molecular complexity index is 1060. The summed E-state index contributed by atoms with van der Waals surface area (Å²) in [4.78, 5) is 11.4. The molecule has 31 heavy (non-hydrogen) atoms. The van der Waals surface area contributed by atoms with Gasteiger partial charge in [-0.05, 0) is 89.6 Å². The zero-order valence-electron chi connectivity index (χ0n) is 17.6. The Labute approximate surface area is 188 Å². The topological polar surface area (TPSA) is 63.3 Å². The highest BCUT2D eigenvalue weighted by Crippen LogP contribution is 2.42. The van der Waals surface area contributed by atoms with E-state index in [0.717, 1.165) is 30.7 Å². The number of rotatable bonds is 9. The van der Waals surface area contributed by atoms with Crippen LogP contribution >= 0.6 is 11.6 Å². The van der Waals surface area contributed by atoms with Crippen LogP contribution in [0.4, 0.5) is 0 Å². The van der Waals surface area contributed by atoms with Crippen molar-refractivity contribution in [3.63, 3.8) is 0 Å². The molecule has 0 saturated carbocycles. The van der Waals surface area contributed by atoms with Crippen LogP contribution in [0.1, 0.15) is 47.4 Å². The minimum atomic E-state index is -0.780. The van der Waals surface area contributed by atoms with Crippen LogP contribution in [0.3, 0.4) is 0 Å². The molecule has 3 N–H and O–H groups in total. The van der Waals surface area contributed by atoms with Crippen molar-refractivity contribution in [1.29, 1.82) is 0 Å². The van der Waals surface area contributed by atoms with Crippen molar-refractivity contribution in [1.82, 2.24) is 0 Å². The zero-order chi connectivity index (χ0) is 21.8. The lowest BCUT2D eigenvalue weighted by Gasteiger charge is -2.25. The van der Waals surface area contributed by atoms with Crippen molar-refractivity contribution in [2.24, 2.45) is 11.7 Å². The molecule has 0 saturated heterocycles. The van der Waals surface area contributed by atoms with Gasteiger partial charge >= 0.3 is 5.97 Å². The molecule has 3 nitrogen and oxygen atoms in total. The summed E-state index contributed by atoms with van der Waals surface area (Å²) in [5.41, 5.74) is 13.9. The fourth-order valence-corrected chi connectivity index (χ4v) is 4.99. The lowest BCUT2D eigenvalue weighted by Crippen LogP contribution is -2.21. The van der Waals surface area contributed by atoms with E-state index in [1.165, 1.54) is 33.4 Å². The summed E-state index contributed by atoms with van der Waals surface area (Å²) < 4.78 is 0. The molecule has 1 aliphatic carbocycles. The van der Waals surface area contributed by atoms with Gasteiger partial charge < -0.3 is 10.8 Å². The van der Waals surface area contributed by atoms with Crippen molar-refractivity contribution >= 4 is 17.6 Å².